The molecule has 4 aromatic rings. The summed E-state index contributed by atoms with van der Waals surface area (Å²) in [5.41, 5.74) is 0.839. The average Bonchev–Trinajstić information content (AvgIpc) is 3.40. The highest BCUT2D eigenvalue weighted by atomic mass is 19.1. The Labute approximate surface area is 175 Å². The zero-order valence-electron chi connectivity index (χ0n) is 16.9. The third-order valence-corrected chi connectivity index (χ3v) is 4.68. The Bertz CT molecular complexity index is 1250. The van der Waals surface area contributed by atoms with Crippen LogP contribution in [0.2, 0.25) is 0 Å². The fourth-order valence-electron chi connectivity index (χ4n) is 3.24. The molecule has 0 fully saturated rings. The fraction of sp³-hybridized carbons (Fsp3) is 0.250. The molecule has 31 heavy (non-hydrogen) atoms. The van der Waals surface area contributed by atoms with Crippen LogP contribution in [0.1, 0.15) is 35.8 Å². The van der Waals surface area contributed by atoms with Crippen LogP contribution in [-0.4, -0.2) is 49.2 Å². The topological polar surface area (TPSA) is 97.0 Å². The lowest BCUT2D eigenvalue weighted by molar-refractivity contribution is 0.0526. The summed E-state index contributed by atoms with van der Waals surface area (Å²) in [6.07, 6.45) is 4.21. The average molecular weight is 428 g/mol. The Morgan fingerprint density at radius 1 is 1.16 bits per heavy atom. The molecule has 9 nitrogen and oxygen atoms in total. The molecule has 0 spiro atoms. The van der Waals surface area contributed by atoms with Crippen molar-refractivity contribution in [3.63, 3.8) is 0 Å². The molecule has 11 heteroatoms. The fourth-order valence-corrected chi connectivity index (χ4v) is 3.24. The van der Waals surface area contributed by atoms with Crippen molar-refractivity contribution in [3.8, 4) is 11.8 Å². The summed E-state index contributed by atoms with van der Waals surface area (Å²) >= 11 is 0. The van der Waals surface area contributed by atoms with E-state index in [0.29, 0.717) is 11.0 Å². The van der Waals surface area contributed by atoms with E-state index in [4.69, 9.17) is 9.47 Å². The Kier molecular flexibility index (Phi) is 5.32. The molecule has 0 bridgehead atoms. The Morgan fingerprint density at radius 3 is 2.58 bits per heavy atom. The van der Waals surface area contributed by atoms with Gasteiger partial charge < -0.3 is 9.47 Å². The minimum absolute atomic E-state index is 0.129. The van der Waals surface area contributed by atoms with Crippen molar-refractivity contribution in [1.82, 2.24) is 29.5 Å². The molecule has 4 rings (SSSR count). The minimum atomic E-state index is -0.790. The number of carbonyl (C=O) groups is 1. The Morgan fingerprint density at radius 2 is 1.90 bits per heavy atom. The van der Waals surface area contributed by atoms with E-state index < -0.39 is 23.6 Å². The molecule has 0 aliphatic heterocycles. The molecule has 160 valence electrons. The first-order valence-electron chi connectivity index (χ1n) is 9.39. The molecule has 0 aliphatic rings. The van der Waals surface area contributed by atoms with Crippen LogP contribution in [-0.2, 0) is 4.74 Å². The van der Waals surface area contributed by atoms with Crippen molar-refractivity contribution in [2.24, 2.45) is 0 Å². The van der Waals surface area contributed by atoms with E-state index in [2.05, 4.69) is 20.2 Å². The summed E-state index contributed by atoms with van der Waals surface area (Å²) < 4.78 is 41.6. The minimum Gasteiger partial charge on any atom is -0.479 e. The maximum Gasteiger partial charge on any atom is 0.341 e. The zero-order valence-corrected chi connectivity index (χ0v) is 16.9. The van der Waals surface area contributed by atoms with Gasteiger partial charge in [0.25, 0.3) is 5.95 Å². The van der Waals surface area contributed by atoms with Gasteiger partial charge in [0.05, 0.1) is 37.7 Å². The number of rotatable bonds is 6. The number of benzene rings is 1. The molecule has 0 amide bonds. The number of nitrogens with zero attached hydrogens (tertiary/aromatic N) is 6. The number of methoxy groups -OCH3 is 1. The second kappa shape index (κ2) is 8.09. The number of fused-ring (bicyclic) bond motifs is 1. The largest absolute Gasteiger partial charge is 0.479 e. The molecule has 1 aromatic carbocycles. The lowest BCUT2D eigenvalue weighted by Crippen LogP contribution is -2.13. The highest BCUT2D eigenvalue weighted by Crippen LogP contribution is 2.30. The molecule has 3 aromatic heterocycles. The summed E-state index contributed by atoms with van der Waals surface area (Å²) in [6, 6.07) is 2.88. The molecule has 0 saturated carbocycles. The maximum absolute atomic E-state index is 14.3. The standard InChI is InChI=1S/C20H18F2N6O3/c1-4-31-19(29)12-8-23-27(10-12)20-25-15-9-24-28(17(15)18(26-20)30-3)11(2)16-13(21)6-5-7-14(16)22/h5-11H,4H2,1-3H3/t11-/m0/s1. The van der Waals surface area contributed by atoms with Gasteiger partial charge in [-0.25, -0.2) is 23.2 Å². The van der Waals surface area contributed by atoms with E-state index in [-0.39, 0.29) is 29.6 Å². The third kappa shape index (κ3) is 3.58. The molecular weight excluding hydrogens is 410 g/mol. The van der Waals surface area contributed by atoms with Crippen molar-refractivity contribution < 1.29 is 23.0 Å². The first-order chi connectivity index (χ1) is 14.9. The highest BCUT2D eigenvalue weighted by Gasteiger charge is 2.24. The SMILES string of the molecule is CCOC(=O)c1cnn(-c2nc(OC)c3c(cnn3[C@@H](C)c3c(F)cccc3F)n2)c1. The summed E-state index contributed by atoms with van der Waals surface area (Å²) in [7, 11) is 1.41. The van der Waals surface area contributed by atoms with Gasteiger partial charge in [0, 0.05) is 11.8 Å². The van der Waals surface area contributed by atoms with Gasteiger partial charge in [-0.15, -0.1) is 0 Å². The molecule has 0 unspecified atom stereocenters. The Hall–Kier alpha value is -3.89. The smallest absolute Gasteiger partial charge is 0.341 e. The second-order valence-electron chi connectivity index (χ2n) is 6.56. The Balaban J connectivity index is 1.79. The first kappa shape index (κ1) is 20.4. The summed E-state index contributed by atoms with van der Waals surface area (Å²) in [5, 5.41) is 8.35. The lowest BCUT2D eigenvalue weighted by Gasteiger charge is -2.16. The van der Waals surface area contributed by atoms with Crippen molar-refractivity contribution in [1.29, 1.82) is 0 Å². The third-order valence-electron chi connectivity index (χ3n) is 4.68. The lowest BCUT2D eigenvalue weighted by atomic mass is 10.1. The highest BCUT2D eigenvalue weighted by molar-refractivity contribution is 5.88. The summed E-state index contributed by atoms with van der Waals surface area (Å²) in [6.45, 7) is 3.55. The van der Waals surface area contributed by atoms with E-state index in [1.165, 1.54) is 53.3 Å². The van der Waals surface area contributed by atoms with Crippen LogP contribution in [0.15, 0.2) is 36.8 Å². The van der Waals surface area contributed by atoms with Crippen LogP contribution in [0.3, 0.4) is 0 Å². The number of halogens is 2. The number of esters is 1. The van der Waals surface area contributed by atoms with E-state index >= 15 is 0 Å². The van der Waals surface area contributed by atoms with Gasteiger partial charge in [-0.05, 0) is 26.0 Å². The molecular formula is C20H18F2N6O3. The molecule has 3 heterocycles. The maximum atomic E-state index is 14.3. The van der Waals surface area contributed by atoms with Crippen molar-refractivity contribution in [3.05, 3.63) is 59.6 Å². The number of carbonyl (C=O) groups excluding carboxylic acids is 1. The molecule has 0 aliphatic carbocycles. The molecule has 0 radical (unpaired) electrons. The van der Waals surface area contributed by atoms with Gasteiger partial charge in [-0.1, -0.05) is 6.07 Å². The first-order valence-corrected chi connectivity index (χ1v) is 9.39. The molecule has 1 atom stereocenters. The number of hydrogen-bond donors (Lipinski definition) is 0. The van der Waals surface area contributed by atoms with Crippen LogP contribution >= 0.6 is 0 Å². The van der Waals surface area contributed by atoms with Crippen LogP contribution in [0.25, 0.3) is 17.0 Å². The predicted octanol–water partition coefficient (Wildman–Crippen LogP) is 3.08. The number of ether oxygens (including phenoxy) is 2. The summed E-state index contributed by atoms with van der Waals surface area (Å²) in [4.78, 5) is 20.6. The second-order valence-corrected chi connectivity index (χ2v) is 6.56. The van der Waals surface area contributed by atoms with Crippen LogP contribution in [0.5, 0.6) is 5.88 Å². The van der Waals surface area contributed by atoms with Gasteiger partial charge in [-0.2, -0.15) is 15.2 Å². The van der Waals surface area contributed by atoms with E-state index in [1.807, 2.05) is 0 Å². The van der Waals surface area contributed by atoms with Crippen LogP contribution in [0, 0.1) is 11.6 Å². The van der Waals surface area contributed by atoms with E-state index in [9.17, 15) is 13.6 Å². The normalized spacial score (nSPS) is 12.2. The summed E-state index contributed by atoms with van der Waals surface area (Å²) in [5.74, 6) is -1.62. The van der Waals surface area contributed by atoms with E-state index in [1.54, 1.807) is 13.8 Å². The van der Waals surface area contributed by atoms with Crippen molar-refractivity contribution >= 4 is 17.0 Å². The van der Waals surface area contributed by atoms with Gasteiger partial charge in [0.15, 0.2) is 0 Å². The quantitative estimate of drug-likeness (QED) is 0.435. The van der Waals surface area contributed by atoms with Crippen molar-refractivity contribution in [2.75, 3.05) is 13.7 Å². The monoisotopic (exact) mass is 428 g/mol. The number of aromatic nitrogens is 6. The van der Waals surface area contributed by atoms with E-state index in [0.717, 1.165) is 0 Å². The van der Waals surface area contributed by atoms with Gasteiger partial charge in [0.2, 0.25) is 5.88 Å². The van der Waals surface area contributed by atoms with Gasteiger partial charge in [-0.3, -0.25) is 4.68 Å². The molecule has 0 N–H and O–H groups in total. The van der Waals surface area contributed by atoms with Crippen LogP contribution < -0.4 is 4.74 Å². The van der Waals surface area contributed by atoms with Crippen LogP contribution in [0.4, 0.5) is 8.78 Å². The zero-order chi connectivity index (χ0) is 22.1. The molecule has 0 saturated heterocycles. The van der Waals surface area contributed by atoms with Gasteiger partial charge in [0.1, 0.15) is 22.7 Å². The van der Waals surface area contributed by atoms with Gasteiger partial charge >= 0.3 is 5.97 Å². The van der Waals surface area contributed by atoms with Crippen molar-refractivity contribution in [2.45, 2.75) is 19.9 Å². The number of hydrogen-bond acceptors (Lipinski definition) is 7. The predicted molar refractivity (Wildman–Crippen MR) is 105 cm³/mol.